The van der Waals surface area contributed by atoms with Crippen molar-refractivity contribution >= 4 is 28.8 Å². The number of nitro benzene ring substituents is 1. The molecule has 0 aliphatic heterocycles. The molecule has 9 nitrogen and oxygen atoms in total. The van der Waals surface area contributed by atoms with Gasteiger partial charge in [0, 0.05) is 37.5 Å². The molecule has 0 saturated heterocycles. The van der Waals surface area contributed by atoms with Gasteiger partial charge in [0.05, 0.1) is 22.0 Å². The smallest absolute Gasteiger partial charge is 0.273 e. The third-order valence-electron chi connectivity index (χ3n) is 4.66. The van der Waals surface area contributed by atoms with E-state index in [4.69, 9.17) is 4.74 Å². The van der Waals surface area contributed by atoms with Crippen LogP contribution in [0.5, 0.6) is 0 Å². The van der Waals surface area contributed by atoms with Crippen molar-refractivity contribution in [2.45, 2.75) is 26.3 Å². The molecule has 2 aromatic carbocycles. The molecule has 0 aliphatic carbocycles. The number of para-hydroxylation sites is 1. The molecule has 0 saturated carbocycles. The highest BCUT2D eigenvalue weighted by Gasteiger charge is 2.13. The Bertz CT molecular complexity index is 1140. The lowest BCUT2D eigenvalue weighted by Gasteiger charge is -2.12. The Hall–Kier alpha value is -3.59. The Kier molecular flexibility index (Phi) is 6.87. The van der Waals surface area contributed by atoms with Gasteiger partial charge in [0.25, 0.3) is 11.2 Å². The normalized spacial score (nSPS) is 11.3. The molecule has 0 spiro atoms. The summed E-state index contributed by atoms with van der Waals surface area (Å²) < 4.78 is 6.59. The Labute approximate surface area is 173 Å². The second-order valence-corrected chi connectivity index (χ2v) is 6.62. The number of nitrogens with one attached hydrogen (secondary N) is 1. The summed E-state index contributed by atoms with van der Waals surface area (Å²) in [5.74, 6) is 0.297. The van der Waals surface area contributed by atoms with Crippen LogP contribution < -0.4 is 11.0 Å². The van der Waals surface area contributed by atoms with Crippen molar-refractivity contribution < 1.29 is 9.66 Å². The lowest BCUT2D eigenvalue weighted by atomic mass is 10.1. The van der Waals surface area contributed by atoms with Gasteiger partial charge in [0.1, 0.15) is 0 Å². The molecule has 156 valence electrons. The van der Waals surface area contributed by atoms with Crippen LogP contribution in [0, 0.1) is 10.1 Å². The van der Waals surface area contributed by atoms with Crippen molar-refractivity contribution in [2.24, 2.45) is 5.10 Å². The first-order valence-electron chi connectivity index (χ1n) is 9.60. The van der Waals surface area contributed by atoms with Gasteiger partial charge in [-0.15, -0.1) is 0 Å². The lowest BCUT2D eigenvalue weighted by Crippen LogP contribution is -2.24. The van der Waals surface area contributed by atoms with E-state index in [-0.39, 0.29) is 11.2 Å². The molecule has 0 aliphatic rings. The summed E-state index contributed by atoms with van der Waals surface area (Å²) in [4.78, 5) is 28.2. The molecular weight excluding hydrogens is 386 g/mol. The number of hydrogen-bond acceptors (Lipinski definition) is 7. The van der Waals surface area contributed by atoms with Crippen LogP contribution in [0.15, 0.2) is 52.4 Å². The molecule has 0 radical (unpaired) electrons. The summed E-state index contributed by atoms with van der Waals surface area (Å²) in [5.41, 5.74) is 4.49. The van der Waals surface area contributed by atoms with E-state index in [0.717, 1.165) is 0 Å². The molecule has 3 aromatic rings. The maximum Gasteiger partial charge on any atom is 0.273 e. The number of methoxy groups -OCH3 is 1. The van der Waals surface area contributed by atoms with Crippen LogP contribution in [0.2, 0.25) is 0 Å². The van der Waals surface area contributed by atoms with E-state index in [2.05, 4.69) is 15.5 Å². The highest BCUT2D eigenvalue weighted by atomic mass is 16.6. The molecule has 9 heteroatoms. The minimum absolute atomic E-state index is 0.0572. The number of fused-ring (bicyclic) bond motifs is 1. The maximum atomic E-state index is 12.9. The Morgan fingerprint density at radius 3 is 2.83 bits per heavy atom. The van der Waals surface area contributed by atoms with Crippen molar-refractivity contribution in [1.82, 2.24) is 9.55 Å². The summed E-state index contributed by atoms with van der Waals surface area (Å²) in [6.07, 6.45) is 2.67. The predicted octanol–water partition coefficient (Wildman–Crippen LogP) is 3.35. The van der Waals surface area contributed by atoms with Crippen molar-refractivity contribution in [3.8, 4) is 0 Å². The first-order chi connectivity index (χ1) is 14.5. The summed E-state index contributed by atoms with van der Waals surface area (Å²) in [5, 5.41) is 15.9. The number of ether oxygens (including phenoxy) is 1. The molecule has 0 atom stereocenters. The number of hydrazone groups is 1. The topological polar surface area (TPSA) is 112 Å². The zero-order chi connectivity index (χ0) is 21.5. The quantitative estimate of drug-likeness (QED) is 0.251. The maximum absolute atomic E-state index is 12.9. The third-order valence-corrected chi connectivity index (χ3v) is 4.66. The molecule has 0 fully saturated rings. The predicted molar refractivity (Wildman–Crippen MR) is 116 cm³/mol. The molecule has 1 aromatic heterocycles. The Balaban J connectivity index is 1.91. The van der Waals surface area contributed by atoms with Crippen LogP contribution in [0.3, 0.4) is 0 Å². The number of aromatic nitrogens is 2. The van der Waals surface area contributed by atoms with Gasteiger partial charge >= 0.3 is 0 Å². The van der Waals surface area contributed by atoms with E-state index in [0.29, 0.717) is 54.0 Å². The number of aryl methyl sites for hydroxylation is 1. The van der Waals surface area contributed by atoms with Crippen molar-refractivity contribution in [2.75, 3.05) is 19.1 Å². The number of anilines is 1. The number of nitro groups is 1. The lowest BCUT2D eigenvalue weighted by molar-refractivity contribution is -0.385. The van der Waals surface area contributed by atoms with Crippen LogP contribution in [0.4, 0.5) is 11.6 Å². The molecule has 0 amide bonds. The van der Waals surface area contributed by atoms with Gasteiger partial charge < -0.3 is 4.74 Å². The van der Waals surface area contributed by atoms with Gasteiger partial charge in [-0.1, -0.05) is 31.2 Å². The number of nitrogens with zero attached hydrogens (tertiary/aromatic N) is 4. The molecule has 3 rings (SSSR count). The summed E-state index contributed by atoms with van der Waals surface area (Å²) in [6, 6.07) is 12.1. The number of hydrogen-bond donors (Lipinski definition) is 1. The van der Waals surface area contributed by atoms with E-state index < -0.39 is 4.92 Å². The zero-order valence-corrected chi connectivity index (χ0v) is 16.9. The zero-order valence-electron chi connectivity index (χ0n) is 16.9. The molecular formula is C21H23N5O4. The second-order valence-electron chi connectivity index (χ2n) is 6.62. The van der Waals surface area contributed by atoms with Crippen molar-refractivity contribution in [1.29, 1.82) is 0 Å². The largest absolute Gasteiger partial charge is 0.385 e. The first-order valence-corrected chi connectivity index (χ1v) is 9.60. The fourth-order valence-electron chi connectivity index (χ4n) is 3.12. The Morgan fingerprint density at radius 1 is 1.30 bits per heavy atom. The molecule has 0 bridgehead atoms. The molecule has 1 N–H and O–H groups in total. The minimum Gasteiger partial charge on any atom is -0.385 e. The first kappa shape index (κ1) is 21.1. The van der Waals surface area contributed by atoms with Gasteiger partial charge in [-0.25, -0.2) is 10.4 Å². The van der Waals surface area contributed by atoms with Crippen LogP contribution in [0.1, 0.15) is 24.5 Å². The standard InChI is InChI=1S/C21H23N5O4/c1-3-16-10-9-15(13-19(16)26(28)29)14-22-24-21-23-18-8-5-4-7-17(18)20(27)25(21)11-6-12-30-2/h4-5,7-10,13-14H,3,6,11-12H2,1-2H3,(H,23,24)/b22-14-. The van der Waals surface area contributed by atoms with Gasteiger partial charge in [-0.05, 0) is 25.0 Å². The summed E-state index contributed by atoms with van der Waals surface area (Å²) in [7, 11) is 1.61. The van der Waals surface area contributed by atoms with Crippen molar-refractivity contribution in [3.63, 3.8) is 0 Å². The molecule has 0 unspecified atom stereocenters. The van der Waals surface area contributed by atoms with Gasteiger partial charge in [-0.3, -0.25) is 19.5 Å². The fraction of sp³-hybridized carbons (Fsp3) is 0.286. The van der Waals surface area contributed by atoms with Crippen molar-refractivity contribution in [3.05, 3.63) is 74.1 Å². The van der Waals surface area contributed by atoms with E-state index in [1.54, 1.807) is 37.4 Å². The third kappa shape index (κ3) is 4.69. The number of benzene rings is 2. The Morgan fingerprint density at radius 2 is 2.10 bits per heavy atom. The number of rotatable bonds is 9. The average Bonchev–Trinajstić information content (AvgIpc) is 2.75. The average molecular weight is 409 g/mol. The highest BCUT2D eigenvalue weighted by molar-refractivity contribution is 5.82. The second kappa shape index (κ2) is 9.75. The monoisotopic (exact) mass is 409 g/mol. The van der Waals surface area contributed by atoms with Crippen LogP contribution >= 0.6 is 0 Å². The van der Waals surface area contributed by atoms with Crippen LogP contribution in [-0.2, 0) is 17.7 Å². The highest BCUT2D eigenvalue weighted by Crippen LogP contribution is 2.20. The summed E-state index contributed by atoms with van der Waals surface area (Å²) in [6.45, 7) is 2.79. The van der Waals surface area contributed by atoms with E-state index in [1.807, 2.05) is 13.0 Å². The van der Waals surface area contributed by atoms with Gasteiger partial charge in [-0.2, -0.15) is 5.10 Å². The molecule has 30 heavy (non-hydrogen) atoms. The minimum atomic E-state index is -0.401. The van der Waals surface area contributed by atoms with Gasteiger partial charge in [0.2, 0.25) is 5.95 Å². The SMILES string of the molecule is CCc1ccc(/C=N\Nc2nc3ccccc3c(=O)n2CCCOC)cc1[N+](=O)[O-]. The van der Waals surface area contributed by atoms with E-state index in [1.165, 1.54) is 16.8 Å². The molecule has 1 heterocycles. The van der Waals surface area contributed by atoms with Crippen LogP contribution in [-0.4, -0.2) is 34.4 Å². The van der Waals surface area contributed by atoms with E-state index >= 15 is 0 Å². The van der Waals surface area contributed by atoms with E-state index in [9.17, 15) is 14.9 Å². The van der Waals surface area contributed by atoms with Crippen LogP contribution in [0.25, 0.3) is 10.9 Å². The fourth-order valence-corrected chi connectivity index (χ4v) is 3.12. The summed E-state index contributed by atoms with van der Waals surface area (Å²) >= 11 is 0. The van der Waals surface area contributed by atoms with Gasteiger partial charge in [0.15, 0.2) is 0 Å².